The van der Waals surface area contributed by atoms with E-state index in [2.05, 4.69) is 5.32 Å². The van der Waals surface area contributed by atoms with Gasteiger partial charge in [-0.15, -0.1) is 0 Å². The van der Waals surface area contributed by atoms with Crippen molar-refractivity contribution in [3.05, 3.63) is 28.8 Å². The first-order chi connectivity index (χ1) is 7.86. The predicted molar refractivity (Wildman–Crippen MR) is 68.1 cm³/mol. The van der Waals surface area contributed by atoms with Crippen LogP contribution in [-0.4, -0.2) is 18.6 Å². The second kappa shape index (κ2) is 5.38. The van der Waals surface area contributed by atoms with E-state index in [1.165, 1.54) is 0 Å². The topological polar surface area (TPSA) is 64.3 Å². The molecule has 0 aliphatic carbocycles. The maximum Gasteiger partial charge on any atom is 0.239 e. The lowest BCUT2D eigenvalue weighted by molar-refractivity contribution is -0.125. The number of hydrogen-bond donors (Lipinski definition) is 2. The third kappa shape index (κ3) is 3.61. The highest BCUT2D eigenvalue weighted by Crippen LogP contribution is 2.25. The number of hydrogen-bond acceptors (Lipinski definition) is 3. The van der Waals surface area contributed by atoms with E-state index < -0.39 is 5.54 Å². The molecule has 94 valence electrons. The van der Waals surface area contributed by atoms with Gasteiger partial charge in [0, 0.05) is 17.1 Å². The summed E-state index contributed by atoms with van der Waals surface area (Å²) in [4.78, 5) is 11.6. The lowest BCUT2D eigenvalue weighted by atomic mass is 10.1. The summed E-state index contributed by atoms with van der Waals surface area (Å²) in [5, 5.41) is 3.28. The summed E-state index contributed by atoms with van der Waals surface area (Å²) < 4.78 is 5.18. The number of nitrogens with two attached hydrogens (primary N) is 1. The normalized spacial score (nSPS) is 11.1. The molecule has 4 nitrogen and oxygen atoms in total. The fourth-order valence-corrected chi connectivity index (χ4v) is 1.53. The minimum Gasteiger partial charge on any atom is -0.496 e. The molecule has 0 saturated heterocycles. The number of nitrogens with one attached hydrogen (secondary N) is 1. The van der Waals surface area contributed by atoms with Crippen LogP contribution < -0.4 is 15.8 Å². The first-order valence-electron chi connectivity index (χ1n) is 5.25. The third-order valence-corrected chi connectivity index (χ3v) is 2.66. The highest BCUT2D eigenvalue weighted by Gasteiger charge is 2.21. The van der Waals surface area contributed by atoms with Crippen molar-refractivity contribution in [2.75, 3.05) is 7.11 Å². The molecule has 0 fully saturated rings. The fourth-order valence-electron chi connectivity index (χ4n) is 1.30. The molecule has 0 heterocycles. The van der Waals surface area contributed by atoms with Crippen molar-refractivity contribution in [2.24, 2.45) is 5.73 Å². The Morgan fingerprint density at radius 1 is 1.53 bits per heavy atom. The van der Waals surface area contributed by atoms with Gasteiger partial charge in [0.1, 0.15) is 5.75 Å². The molecule has 0 aliphatic rings. The molecule has 1 rings (SSSR count). The number of halogens is 1. The van der Waals surface area contributed by atoms with Crippen molar-refractivity contribution >= 4 is 17.5 Å². The van der Waals surface area contributed by atoms with Crippen LogP contribution in [-0.2, 0) is 11.3 Å². The minimum absolute atomic E-state index is 0.237. The molecule has 1 amide bonds. The average molecular weight is 257 g/mol. The Bertz CT molecular complexity index is 413. The molecule has 1 aromatic carbocycles. The molecule has 0 saturated carbocycles. The van der Waals surface area contributed by atoms with Crippen LogP contribution in [0.15, 0.2) is 18.2 Å². The number of amides is 1. The first-order valence-corrected chi connectivity index (χ1v) is 5.62. The van der Waals surface area contributed by atoms with Crippen molar-refractivity contribution in [1.82, 2.24) is 5.32 Å². The smallest absolute Gasteiger partial charge is 0.239 e. The average Bonchev–Trinajstić information content (AvgIpc) is 2.25. The zero-order valence-electron chi connectivity index (χ0n) is 10.2. The maximum absolute atomic E-state index is 11.6. The van der Waals surface area contributed by atoms with Crippen molar-refractivity contribution < 1.29 is 9.53 Å². The van der Waals surface area contributed by atoms with Crippen molar-refractivity contribution in [2.45, 2.75) is 25.9 Å². The maximum atomic E-state index is 11.6. The Morgan fingerprint density at radius 2 is 2.18 bits per heavy atom. The molecule has 0 unspecified atom stereocenters. The van der Waals surface area contributed by atoms with Gasteiger partial charge in [-0.3, -0.25) is 4.79 Å². The van der Waals surface area contributed by atoms with E-state index in [0.29, 0.717) is 17.3 Å². The van der Waals surface area contributed by atoms with E-state index >= 15 is 0 Å². The minimum atomic E-state index is -0.908. The lowest BCUT2D eigenvalue weighted by Crippen LogP contribution is -2.48. The number of methoxy groups -OCH3 is 1. The summed E-state index contributed by atoms with van der Waals surface area (Å²) in [6.45, 7) is 3.58. The molecule has 5 heteroatoms. The van der Waals surface area contributed by atoms with Gasteiger partial charge in [0.05, 0.1) is 12.6 Å². The molecule has 17 heavy (non-hydrogen) atoms. The van der Waals surface area contributed by atoms with Gasteiger partial charge >= 0.3 is 0 Å². The van der Waals surface area contributed by atoms with Gasteiger partial charge in [-0.05, 0) is 26.0 Å². The second-order valence-electron chi connectivity index (χ2n) is 4.33. The van der Waals surface area contributed by atoms with E-state index in [0.717, 1.165) is 5.56 Å². The number of rotatable bonds is 4. The van der Waals surface area contributed by atoms with Gasteiger partial charge in [-0.1, -0.05) is 17.7 Å². The van der Waals surface area contributed by atoms with Crippen LogP contribution in [0.5, 0.6) is 5.75 Å². The Hall–Kier alpha value is -1.26. The van der Waals surface area contributed by atoms with Crippen LogP contribution in [0.1, 0.15) is 19.4 Å². The van der Waals surface area contributed by atoms with Gasteiger partial charge in [-0.2, -0.15) is 0 Å². The highest BCUT2D eigenvalue weighted by molar-refractivity contribution is 6.31. The summed E-state index contributed by atoms with van der Waals surface area (Å²) in [7, 11) is 1.56. The summed E-state index contributed by atoms with van der Waals surface area (Å²) in [6, 6.07) is 5.33. The number of carbonyl (C=O) groups excluding carboxylic acids is 1. The summed E-state index contributed by atoms with van der Waals surface area (Å²) in [6.07, 6.45) is 0. The van der Waals surface area contributed by atoms with Crippen LogP contribution >= 0.6 is 11.6 Å². The number of carbonyl (C=O) groups is 1. The molecular formula is C12H17ClN2O2. The van der Waals surface area contributed by atoms with Crippen LogP contribution in [0.25, 0.3) is 0 Å². The van der Waals surface area contributed by atoms with Gasteiger partial charge in [0.25, 0.3) is 0 Å². The van der Waals surface area contributed by atoms with E-state index in [4.69, 9.17) is 22.1 Å². The van der Waals surface area contributed by atoms with E-state index in [1.54, 1.807) is 39.2 Å². The fraction of sp³-hybridized carbons (Fsp3) is 0.417. The summed E-state index contributed by atoms with van der Waals surface area (Å²) in [5.41, 5.74) is 5.51. The standard InChI is InChI=1S/C12H17ClN2O2/c1-12(2,14)11(16)15-7-8-9(13)5-4-6-10(8)17-3/h4-6H,7,14H2,1-3H3,(H,15,16). The summed E-state index contributed by atoms with van der Waals surface area (Å²) >= 11 is 6.04. The lowest BCUT2D eigenvalue weighted by Gasteiger charge is -2.18. The molecule has 0 bridgehead atoms. The van der Waals surface area contributed by atoms with Crippen LogP contribution in [0.4, 0.5) is 0 Å². The Balaban J connectivity index is 2.79. The molecule has 0 aromatic heterocycles. The molecule has 0 aliphatic heterocycles. The molecule has 1 aromatic rings. The predicted octanol–water partition coefficient (Wildman–Crippen LogP) is 1.70. The van der Waals surface area contributed by atoms with Crippen molar-refractivity contribution in [3.63, 3.8) is 0 Å². The van der Waals surface area contributed by atoms with Gasteiger partial charge in [0.2, 0.25) is 5.91 Å². The van der Waals surface area contributed by atoms with Gasteiger partial charge in [0.15, 0.2) is 0 Å². The molecule has 0 atom stereocenters. The number of ether oxygens (including phenoxy) is 1. The van der Waals surface area contributed by atoms with Crippen molar-refractivity contribution in [1.29, 1.82) is 0 Å². The summed E-state index contributed by atoms with van der Waals surface area (Å²) in [5.74, 6) is 0.409. The van der Waals surface area contributed by atoms with Gasteiger partial charge in [-0.25, -0.2) is 0 Å². The monoisotopic (exact) mass is 256 g/mol. The SMILES string of the molecule is COc1cccc(Cl)c1CNC(=O)C(C)(C)N. The third-order valence-electron chi connectivity index (χ3n) is 2.31. The Morgan fingerprint density at radius 3 is 2.71 bits per heavy atom. The molecular weight excluding hydrogens is 240 g/mol. The van der Waals surface area contributed by atoms with Crippen LogP contribution in [0.3, 0.4) is 0 Å². The van der Waals surface area contributed by atoms with E-state index in [9.17, 15) is 4.79 Å². The second-order valence-corrected chi connectivity index (χ2v) is 4.73. The molecule has 0 radical (unpaired) electrons. The zero-order chi connectivity index (χ0) is 13.1. The first kappa shape index (κ1) is 13.8. The zero-order valence-corrected chi connectivity index (χ0v) is 11.0. The molecule has 3 N–H and O–H groups in total. The number of benzene rings is 1. The molecule has 0 spiro atoms. The largest absolute Gasteiger partial charge is 0.496 e. The van der Waals surface area contributed by atoms with Crippen LogP contribution in [0, 0.1) is 0 Å². The van der Waals surface area contributed by atoms with E-state index in [-0.39, 0.29) is 5.91 Å². The van der Waals surface area contributed by atoms with E-state index in [1.807, 2.05) is 0 Å². The van der Waals surface area contributed by atoms with Crippen LogP contribution in [0.2, 0.25) is 5.02 Å². The van der Waals surface area contributed by atoms with Crippen molar-refractivity contribution in [3.8, 4) is 5.75 Å². The Kier molecular flexibility index (Phi) is 4.37. The van der Waals surface area contributed by atoms with Gasteiger partial charge < -0.3 is 15.8 Å². The highest BCUT2D eigenvalue weighted by atomic mass is 35.5. The Labute approximate surface area is 106 Å². The quantitative estimate of drug-likeness (QED) is 0.862.